The second-order valence-corrected chi connectivity index (χ2v) is 6.45. The van der Waals surface area contributed by atoms with Crippen LogP contribution in [0.1, 0.15) is 22.3 Å². The third kappa shape index (κ3) is 4.71. The molecule has 6 heteroatoms. The van der Waals surface area contributed by atoms with Gasteiger partial charge >= 0.3 is 0 Å². The molecule has 0 bridgehead atoms. The van der Waals surface area contributed by atoms with Crippen molar-refractivity contribution in [2.45, 2.75) is 13.8 Å². The number of rotatable bonds is 5. The fourth-order valence-corrected chi connectivity index (χ4v) is 2.85. The number of hydrogen-bond donors (Lipinski definition) is 2. The van der Waals surface area contributed by atoms with E-state index in [1.807, 2.05) is 32.0 Å². The van der Waals surface area contributed by atoms with Crippen LogP contribution in [0, 0.1) is 36.5 Å². The Bertz CT molecular complexity index is 1130. The predicted molar refractivity (Wildman–Crippen MR) is 114 cm³/mol. The average molecular weight is 381 g/mol. The third-order valence-electron chi connectivity index (χ3n) is 4.22. The summed E-state index contributed by atoms with van der Waals surface area (Å²) in [6.07, 6.45) is 3.20. The lowest BCUT2D eigenvalue weighted by Crippen LogP contribution is -2.01. The molecule has 6 nitrogen and oxygen atoms in total. The maximum Gasteiger partial charge on any atom is 0.221 e. The number of nitrogen functional groups attached to an aromatic ring is 1. The van der Waals surface area contributed by atoms with E-state index < -0.39 is 0 Å². The second kappa shape index (κ2) is 8.60. The van der Waals surface area contributed by atoms with Crippen molar-refractivity contribution < 1.29 is 4.74 Å². The minimum atomic E-state index is 0.405. The van der Waals surface area contributed by atoms with Crippen molar-refractivity contribution >= 4 is 23.3 Å². The topological polar surface area (TPSA) is 108 Å². The lowest BCUT2D eigenvalue weighted by Gasteiger charge is -2.14. The molecule has 3 rings (SSSR count). The van der Waals surface area contributed by atoms with Gasteiger partial charge in [-0.25, -0.2) is 0 Å². The number of nitrogens with one attached hydrogen (secondary N) is 1. The molecule has 0 radical (unpaired) electrons. The molecule has 0 aliphatic carbocycles. The van der Waals surface area contributed by atoms with Crippen LogP contribution in [0.2, 0.25) is 0 Å². The van der Waals surface area contributed by atoms with Crippen molar-refractivity contribution in [3.8, 4) is 23.8 Å². The van der Waals surface area contributed by atoms with Gasteiger partial charge < -0.3 is 15.8 Å². The minimum Gasteiger partial charge on any atom is -0.438 e. The van der Waals surface area contributed by atoms with Gasteiger partial charge in [-0.05, 0) is 79.1 Å². The standard InChI is InChI=1S/C23H19N5O/c1-15-12-18(4-3-11-24)13-16(2)22(15)29-21-10-9-20(26)23(28-21)27-19-7-5-17(14-25)6-8-19/h3-10,12-13H,26H2,1-2H3,(H,27,28)/b4-3+. The maximum atomic E-state index is 8.91. The van der Waals surface area contributed by atoms with Crippen molar-refractivity contribution in [1.29, 1.82) is 10.5 Å². The SMILES string of the molecule is Cc1cc(/C=C/C#N)cc(C)c1Oc1ccc(N)c(Nc2ccc(C#N)cc2)n1. The highest BCUT2D eigenvalue weighted by Crippen LogP contribution is 2.31. The predicted octanol–water partition coefficient (Wildman–Crippen LogP) is 5.23. The van der Waals surface area contributed by atoms with E-state index in [2.05, 4.69) is 16.4 Å². The Morgan fingerprint density at radius 1 is 1.03 bits per heavy atom. The van der Waals surface area contributed by atoms with E-state index in [-0.39, 0.29) is 0 Å². The van der Waals surface area contributed by atoms with Gasteiger partial charge in [-0.1, -0.05) is 0 Å². The average Bonchev–Trinajstić information content (AvgIpc) is 2.72. The summed E-state index contributed by atoms with van der Waals surface area (Å²) in [5.41, 5.74) is 10.7. The summed E-state index contributed by atoms with van der Waals surface area (Å²) >= 11 is 0. The largest absolute Gasteiger partial charge is 0.438 e. The van der Waals surface area contributed by atoms with Crippen LogP contribution >= 0.6 is 0 Å². The molecule has 142 valence electrons. The Balaban J connectivity index is 1.85. The van der Waals surface area contributed by atoms with Crippen molar-refractivity contribution in [2.24, 2.45) is 0 Å². The lowest BCUT2D eigenvalue weighted by atomic mass is 10.1. The molecule has 0 aliphatic heterocycles. The highest BCUT2D eigenvalue weighted by molar-refractivity contribution is 5.69. The fourth-order valence-electron chi connectivity index (χ4n) is 2.85. The summed E-state index contributed by atoms with van der Waals surface area (Å²) in [4.78, 5) is 4.48. The van der Waals surface area contributed by atoms with Crippen molar-refractivity contribution in [3.05, 3.63) is 76.9 Å². The number of ether oxygens (including phenoxy) is 1. The zero-order chi connectivity index (χ0) is 20.8. The summed E-state index contributed by atoms with van der Waals surface area (Å²) in [7, 11) is 0. The Morgan fingerprint density at radius 3 is 2.34 bits per heavy atom. The van der Waals surface area contributed by atoms with E-state index in [0.29, 0.717) is 28.7 Å². The van der Waals surface area contributed by atoms with Crippen LogP contribution in [0.4, 0.5) is 17.2 Å². The molecule has 0 fully saturated rings. The number of allylic oxidation sites excluding steroid dienone is 1. The molecular weight excluding hydrogens is 362 g/mol. The molecule has 0 unspecified atom stereocenters. The zero-order valence-corrected chi connectivity index (χ0v) is 16.1. The first-order valence-corrected chi connectivity index (χ1v) is 8.89. The lowest BCUT2D eigenvalue weighted by molar-refractivity contribution is 0.457. The van der Waals surface area contributed by atoms with Crippen LogP contribution < -0.4 is 15.8 Å². The zero-order valence-electron chi connectivity index (χ0n) is 16.1. The van der Waals surface area contributed by atoms with Gasteiger partial charge in [0, 0.05) is 17.8 Å². The van der Waals surface area contributed by atoms with E-state index >= 15 is 0 Å². The minimum absolute atomic E-state index is 0.405. The van der Waals surface area contributed by atoms with Gasteiger partial charge in [0.2, 0.25) is 5.88 Å². The van der Waals surface area contributed by atoms with Crippen LogP contribution in [0.3, 0.4) is 0 Å². The molecule has 29 heavy (non-hydrogen) atoms. The van der Waals surface area contributed by atoms with Crippen LogP contribution in [0.15, 0.2) is 54.6 Å². The molecule has 1 heterocycles. The van der Waals surface area contributed by atoms with E-state index in [1.165, 1.54) is 6.08 Å². The molecule has 0 atom stereocenters. The van der Waals surface area contributed by atoms with Gasteiger partial charge in [-0.2, -0.15) is 15.5 Å². The third-order valence-corrected chi connectivity index (χ3v) is 4.22. The normalized spacial score (nSPS) is 10.3. The smallest absolute Gasteiger partial charge is 0.221 e. The van der Waals surface area contributed by atoms with Crippen LogP contribution in [0.5, 0.6) is 11.6 Å². The summed E-state index contributed by atoms with van der Waals surface area (Å²) in [5.74, 6) is 1.58. The van der Waals surface area contributed by atoms with Gasteiger partial charge in [0.05, 0.1) is 23.4 Å². The molecule has 0 amide bonds. The summed E-state index contributed by atoms with van der Waals surface area (Å²) in [5, 5.41) is 20.7. The number of benzene rings is 2. The number of aryl methyl sites for hydroxylation is 2. The molecule has 3 N–H and O–H groups in total. The number of nitrogens with two attached hydrogens (primary N) is 1. The Morgan fingerprint density at radius 2 is 1.72 bits per heavy atom. The van der Waals surface area contributed by atoms with Crippen LogP contribution in [-0.2, 0) is 0 Å². The molecule has 0 aliphatic rings. The Kier molecular flexibility index (Phi) is 5.77. The van der Waals surface area contributed by atoms with Gasteiger partial charge in [0.1, 0.15) is 5.75 Å². The molecule has 0 saturated heterocycles. The summed E-state index contributed by atoms with van der Waals surface area (Å²) in [6.45, 7) is 3.89. The van der Waals surface area contributed by atoms with E-state index in [1.54, 1.807) is 42.5 Å². The monoisotopic (exact) mass is 381 g/mol. The molecule has 0 saturated carbocycles. The van der Waals surface area contributed by atoms with Crippen molar-refractivity contribution in [3.63, 3.8) is 0 Å². The molecule has 1 aromatic heterocycles. The fraction of sp³-hybridized carbons (Fsp3) is 0.0870. The molecular formula is C23H19N5O. The van der Waals surface area contributed by atoms with Crippen molar-refractivity contribution in [2.75, 3.05) is 11.1 Å². The van der Waals surface area contributed by atoms with Crippen LogP contribution in [-0.4, -0.2) is 4.98 Å². The van der Waals surface area contributed by atoms with Gasteiger partial charge in [0.25, 0.3) is 0 Å². The van der Waals surface area contributed by atoms with Gasteiger partial charge in [-0.3, -0.25) is 0 Å². The molecule has 3 aromatic rings. The number of nitrogens with zero attached hydrogens (tertiary/aromatic N) is 3. The highest BCUT2D eigenvalue weighted by Gasteiger charge is 2.10. The molecule has 2 aromatic carbocycles. The van der Waals surface area contributed by atoms with Crippen LogP contribution in [0.25, 0.3) is 6.08 Å². The summed E-state index contributed by atoms with van der Waals surface area (Å²) < 4.78 is 6.03. The first-order chi connectivity index (χ1) is 14.0. The number of nitriles is 2. The quantitative estimate of drug-likeness (QED) is 0.586. The first-order valence-electron chi connectivity index (χ1n) is 8.89. The van der Waals surface area contributed by atoms with E-state index in [4.69, 9.17) is 21.0 Å². The maximum absolute atomic E-state index is 8.91. The first kappa shape index (κ1) is 19.5. The highest BCUT2D eigenvalue weighted by atomic mass is 16.5. The van der Waals surface area contributed by atoms with E-state index in [0.717, 1.165) is 22.4 Å². The number of pyridine rings is 1. The van der Waals surface area contributed by atoms with Gasteiger partial charge in [-0.15, -0.1) is 0 Å². The number of aromatic nitrogens is 1. The Hall–Kier alpha value is -4.29. The van der Waals surface area contributed by atoms with Gasteiger partial charge in [0.15, 0.2) is 5.82 Å². The second-order valence-electron chi connectivity index (χ2n) is 6.45. The molecule has 0 spiro atoms. The Labute approximate surface area is 169 Å². The number of hydrogen-bond acceptors (Lipinski definition) is 6. The van der Waals surface area contributed by atoms with Crippen molar-refractivity contribution in [1.82, 2.24) is 4.98 Å². The van der Waals surface area contributed by atoms with E-state index in [9.17, 15) is 0 Å². The number of anilines is 3. The summed E-state index contributed by atoms with van der Waals surface area (Å²) in [6, 6.07) is 18.4.